The summed E-state index contributed by atoms with van der Waals surface area (Å²) in [5, 5.41) is 3.09. The number of nitrogens with one attached hydrogen (secondary N) is 1. The SMILES string of the molecule is CC[C@@H](NC(=O)c1ccc(CN(c2ccccc2)S(=O)(=O)c2ccccc2)cc1)c1ccccc1. The summed E-state index contributed by atoms with van der Waals surface area (Å²) in [6.45, 7) is 2.18. The van der Waals surface area contributed by atoms with Crippen molar-refractivity contribution in [3.8, 4) is 0 Å². The number of amides is 1. The average molecular weight is 485 g/mol. The molecular weight excluding hydrogens is 456 g/mol. The summed E-state index contributed by atoms with van der Waals surface area (Å²) in [5.41, 5.74) is 2.94. The first-order chi connectivity index (χ1) is 17.0. The molecule has 0 unspecified atom stereocenters. The first-order valence-corrected chi connectivity index (χ1v) is 13.0. The summed E-state index contributed by atoms with van der Waals surface area (Å²) >= 11 is 0. The Balaban J connectivity index is 1.55. The molecule has 1 N–H and O–H groups in total. The van der Waals surface area contributed by atoms with Gasteiger partial charge in [0.1, 0.15) is 0 Å². The molecule has 4 aromatic rings. The Kier molecular flexibility index (Phi) is 7.63. The van der Waals surface area contributed by atoms with Gasteiger partial charge in [0, 0.05) is 5.56 Å². The summed E-state index contributed by atoms with van der Waals surface area (Å²) in [4.78, 5) is 13.1. The van der Waals surface area contributed by atoms with Gasteiger partial charge in [-0.1, -0.05) is 85.8 Å². The topological polar surface area (TPSA) is 66.5 Å². The van der Waals surface area contributed by atoms with Gasteiger partial charge >= 0.3 is 0 Å². The van der Waals surface area contributed by atoms with Crippen LogP contribution in [0.1, 0.15) is 40.9 Å². The van der Waals surface area contributed by atoms with E-state index < -0.39 is 10.0 Å². The largest absolute Gasteiger partial charge is 0.345 e. The summed E-state index contributed by atoms with van der Waals surface area (Å²) in [5.74, 6) is -0.163. The van der Waals surface area contributed by atoms with E-state index in [0.717, 1.165) is 17.5 Å². The van der Waals surface area contributed by atoms with Crippen LogP contribution in [0.15, 0.2) is 120 Å². The molecule has 4 rings (SSSR count). The first kappa shape index (κ1) is 24.2. The molecule has 1 amide bonds. The lowest BCUT2D eigenvalue weighted by atomic mass is 10.0. The van der Waals surface area contributed by atoms with E-state index in [1.165, 1.54) is 4.31 Å². The van der Waals surface area contributed by atoms with Crippen LogP contribution in [-0.4, -0.2) is 14.3 Å². The van der Waals surface area contributed by atoms with Crippen LogP contribution in [0.25, 0.3) is 0 Å². The Hall–Kier alpha value is -3.90. The Morgan fingerprint density at radius 1 is 0.771 bits per heavy atom. The Bertz CT molecular complexity index is 1340. The molecule has 0 bridgehead atoms. The van der Waals surface area contributed by atoms with Gasteiger partial charge in [0.25, 0.3) is 15.9 Å². The molecule has 0 aliphatic carbocycles. The highest BCUT2D eigenvalue weighted by Gasteiger charge is 2.25. The fraction of sp³-hybridized carbons (Fsp3) is 0.138. The molecule has 0 aromatic heterocycles. The number of benzene rings is 4. The van der Waals surface area contributed by atoms with Gasteiger partial charge in [0.15, 0.2) is 0 Å². The fourth-order valence-corrected chi connectivity index (χ4v) is 5.38. The number of para-hydroxylation sites is 1. The van der Waals surface area contributed by atoms with Crippen molar-refractivity contribution < 1.29 is 13.2 Å². The van der Waals surface area contributed by atoms with Crippen LogP contribution in [0.5, 0.6) is 0 Å². The number of hydrogen-bond donors (Lipinski definition) is 1. The number of anilines is 1. The highest BCUT2D eigenvalue weighted by molar-refractivity contribution is 7.92. The minimum absolute atomic E-state index is 0.0760. The zero-order valence-corrected chi connectivity index (χ0v) is 20.4. The number of sulfonamides is 1. The van der Waals surface area contributed by atoms with E-state index >= 15 is 0 Å². The zero-order chi connectivity index (χ0) is 24.7. The number of hydrogen-bond acceptors (Lipinski definition) is 3. The molecule has 6 heteroatoms. The predicted octanol–water partition coefficient (Wildman–Crippen LogP) is 5.96. The van der Waals surface area contributed by atoms with Crippen LogP contribution in [-0.2, 0) is 16.6 Å². The highest BCUT2D eigenvalue weighted by atomic mass is 32.2. The van der Waals surface area contributed by atoms with E-state index in [2.05, 4.69) is 5.32 Å². The Morgan fingerprint density at radius 2 is 1.31 bits per heavy atom. The molecule has 1 atom stereocenters. The van der Waals surface area contributed by atoms with E-state index in [1.807, 2.05) is 55.5 Å². The zero-order valence-electron chi connectivity index (χ0n) is 19.5. The standard InChI is InChI=1S/C29H28N2O3S/c1-2-28(24-12-6-3-7-13-24)30-29(32)25-20-18-23(19-21-25)22-31(26-14-8-4-9-15-26)35(33,34)27-16-10-5-11-17-27/h3-21,28H,2,22H2,1H3,(H,30,32)/t28-/m1/s1. The van der Waals surface area contributed by atoms with Crippen molar-refractivity contribution in [3.63, 3.8) is 0 Å². The second-order valence-corrected chi connectivity index (χ2v) is 10.1. The third kappa shape index (κ3) is 5.78. The quantitative estimate of drug-likeness (QED) is 0.319. The lowest BCUT2D eigenvalue weighted by Crippen LogP contribution is -2.30. The Morgan fingerprint density at radius 3 is 1.89 bits per heavy atom. The first-order valence-electron chi connectivity index (χ1n) is 11.6. The van der Waals surface area contributed by atoms with Crippen LogP contribution in [0.3, 0.4) is 0 Å². The van der Waals surface area contributed by atoms with Crippen LogP contribution < -0.4 is 9.62 Å². The van der Waals surface area contributed by atoms with Crippen LogP contribution in [0.4, 0.5) is 5.69 Å². The maximum absolute atomic E-state index is 13.5. The minimum Gasteiger partial charge on any atom is -0.345 e. The van der Waals surface area contributed by atoms with Gasteiger partial charge in [-0.05, 0) is 53.9 Å². The van der Waals surface area contributed by atoms with E-state index in [-0.39, 0.29) is 23.4 Å². The number of carbonyl (C=O) groups is 1. The van der Waals surface area contributed by atoms with Crippen molar-refractivity contribution in [1.29, 1.82) is 0 Å². The summed E-state index contributed by atoms with van der Waals surface area (Å²) in [6.07, 6.45) is 0.775. The molecule has 0 spiro atoms. The minimum atomic E-state index is -3.77. The molecule has 178 valence electrons. The monoisotopic (exact) mass is 484 g/mol. The molecule has 4 aromatic carbocycles. The second-order valence-electron chi connectivity index (χ2n) is 8.20. The van der Waals surface area contributed by atoms with E-state index in [1.54, 1.807) is 66.7 Å². The predicted molar refractivity (Wildman–Crippen MR) is 140 cm³/mol. The van der Waals surface area contributed by atoms with Crippen molar-refractivity contribution in [1.82, 2.24) is 5.32 Å². The molecule has 0 saturated heterocycles. The van der Waals surface area contributed by atoms with Crippen molar-refractivity contribution in [3.05, 3.63) is 132 Å². The third-order valence-electron chi connectivity index (χ3n) is 5.83. The summed E-state index contributed by atoms with van der Waals surface area (Å²) in [7, 11) is -3.77. The Labute approximate surface area is 207 Å². The average Bonchev–Trinajstić information content (AvgIpc) is 2.92. The van der Waals surface area contributed by atoms with Crippen LogP contribution in [0, 0.1) is 0 Å². The molecule has 0 heterocycles. The number of nitrogens with zero attached hydrogens (tertiary/aromatic N) is 1. The van der Waals surface area contributed by atoms with Gasteiger partial charge in [0.2, 0.25) is 0 Å². The molecular formula is C29H28N2O3S. The molecule has 5 nitrogen and oxygen atoms in total. The number of rotatable bonds is 9. The molecule has 0 fully saturated rings. The van der Waals surface area contributed by atoms with Gasteiger partial charge in [-0.15, -0.1) is 0 Å². The second kappa shape index (κ2) is 11.0. The lowest BCUT2D eigenvalue weighted by molar-refractivity contribution is 0.0935. The normalized spacial score (nSPS) is 12.0. The van der Waals surface area contributed by atoms with E-state index in [0.29, 0.717) is 11.3 Å². The van der Waals surface area contributed by atoms with E-state index in [4.69, 9.17) is 0 Å². The van der Waals surface area contributed by atoms with Gasteiger partial charge in [-0.25, -0.2) is 8.42 Å². The molecule has 0 saturated carbocycles. The van der Waals surface area contributed by atoms with Gasteiger partial charge < -0.3 is 5.32 Å². The molecule has 0 aliphatic heterocycles. The fourth-order valence-electron chi connectivity index (χ4n) is 3.90. The maximum Gasteiger partial charge on any atom is 0.264 e. The van der Waals surface area contributed by atoms with Crippen LogP contribution >= 0.6 is 0 Å². The van der Waals surface area contributed by atoms with Crippen molar-refractivity contribution in [2.45, 2.75) is 30.8 Å². The van der Waals surface area contributed by atoms with Gasteiger partial charge in [0.05, 0.1) is 23.2 Å². The molecule has 35 heavy (non-hydrogen) atoms. The highest BCUT2D eigenvalue weighted by Crippen LogP contribution is 2.26. The summed E-state index contributed by atoms with van der Waals surface area (Å²) < 4.78 is 28.3. The van der Waals surface area contributed by atoms with Crippen LogP contribution in [0.2, 0.25) is 0 Å². The van der Waals surface area contributed by atoms with Gasteiger partial charge in [-0.2, -0.15) is 0 Å². The number of carbonyl (C=O) groups excluding carboxylic acids is 1. The summed E-state index contributed by atoms with van der Waals surface area (Å²) in [6, 6.07) is 34.3. The van der Waals surface area contributed by atoms with Gasteiger partial charge in [-0.3, -0.25) is 9.10 Å². The van der Waals surface area contributed by atoms with E-state index in [9.17, 15) is 13.2 Å². The molecule has 0 radical (unpaired) electrons. The van der Waals surface area contributed by atoms with Crippen molar-refractivity contribution >= 4 is 21.6 Å². The maximum atomic E-state index is 13.5. The van der Waals surface area contributed by atoms with Crippen molar-refractivity contribution in [2.75, 3.05) is 4.31 Å². The molecule has 0 aliphatic rings. The lowest BCUT2D eigenvalue weighted by Gasteiger charge is -2.25. The smallest absolute Gasteiger partial charge is 0.264 e. The third-order valence-corrected chi connectivity index (χ3v) is 7.62. The van der Waals surface area contributed by atoms with Crippen molar-refractivity contribution in [2.24, 2.45) is 0 Å².